The minimum absolute atomic E-state index is 0.242. The van der Waals surface area contributed by atoms with Crippen LogP contribution in [0, 0.1) is 6.92 Å². The second-order valence-corrected chi connectivity index (χ2v) is 8.74. The zero-order valence-electron chi connectivity index (χ0n) is 19.9. The van der Waals surface area contributed by atoms with Gasteiger partial charge >= 0.3 is 0 Å². The maximum absolute atomic E-state index is 13.3. The molecule has 4 rings (SSSR count). The van der Waals surface area contributed by atoms with Crippen molar-refractivity contribution in [2.75, 3.05) is 30.7 Å². The molecule has 7 heteroatoms. The van der Waals surface area contributed by atoms with Crippen molar-refractivity contribution in [3.05, 3.63) is 71.8 Å². The van der Waals surface area contributed by atoms with Crippen molar-refractivity contribution < 1.29 is 4.79 Å². The Hall–Kier alpha value is -3.58. The summed E-state index contributed by atoms with van der Waals surface area (Å²) >= 11 is 0. The van der Waals surface area contributed by atoms with Crippen LogP contribution in [-0.2, 0) is 11.3 Å². The Morgan fingerprint density at radius 1 is 1.09 bits per heavy atom. The molecule has 1 amide bonds. The van der Waals surface area contributed by atoms with Gasteiger partial charge in [-0.2, -0.15) is 0 Å². The van der Waals surface area contributed by atoms with Gasteiger partial charge in [0.15, 0.2) is 0 Å². The molecule has 2 aromatic heterocycles. The lowest BCUT2D eigenvalue weighted by Crippen LogP contribution is -2.25. The molecule has 3 N–H and O–H groups in total. The molecular weight excluding hydrogens is 424 g/mol. The Morgan fingerprint density at radius 3 is 2.62 bits per heavy atom. The maximum Gasteiger partial charge on any atom is 0.274 e. The van der Waals surface area contributed by atoms with Gasteiger partial charge in [-0.15, -0.1) is 0 Å². The molecule has 176 valence electrons. The Balaban J connectivity index is 1.56. The molecule has 0 spiro atoms. The van der Waals surface area contributed by atoms with Crippen molar-refractivity contribution in [1.82, 2.24) is 14.9 Å². The summed E-state index contributed by atoms with van der Waals surface area (Å²) in [6.07, 6.45) is 8.46. The van der Waals surface area contributed by atoms with E-state index in [1.165, 1.54) is 12.8 Å². The lowest BCUT2D eigenvalue weighted by Gasteiger charge is -2.15. The van der Waals surface area contributed by atoms with Gasteiger partial charge in [0.25, 0.3) is 5.91 Å². The van der Waals surface area contributed by atoms with Gasteiger partial charge in [0.2, 0.25) is 0 Å². The Morgan fingerprint density at radius 2 is 1.91 bits per heavy atom. The van der Waals surface area contributed by atoms with Crippen LogP contribution in [-0.4, -0.2) is 46.1 Å². The van der Waals surface area contributed by atoms with Gasteiger partial charge < -0.3 is 11.1 Å². The smallest absolute Gasteiger partial charge is 0.274 e. The van der Waals surface area contributed by atoms with E-state index in [9.17, 15) is 4.79 Å². The second kappa shape index (κ2) is 11.0. The van der Waals surface area contributed by atoms with Crippen LogP contribution in [0.3, 0.4) is 0 Å². The third kappa shape index (κ3) is 5.85. The highest BCUT2D eigenvalue weighted by molar-refractivity contribution is 6.49. The first-order chi connectivity index (χ1) is 16.5. The summed E-state index contributed by atoms with van der Waals surface area (Å²) in [5.41, 5.74) is 12.2. The van der Waals surface area contributed by atoms with Gasteiger partial charge in [-0.25, -0.2) is 0 Å². The molecule has 0 atom stereocenters. The van der Waals surface area contributed by atoms with Crippen LogP contribution in [0.25, 0.3) is 11.1 Å². The minimum atomic E-state index is -0.242. The fourth-order valence-corrected chi connectivity index (χ4v) is 4.13. The summed E-state index contributed by atoms with van der Waals surface area (Å²) in [4.78, 5) is 29.1. The number of aryl methyl sites for hydroxylation is 1. The molecule has 3 heterocycles. The van der Waals surface area contributed by atoms with Crippen molar-refractivity contribution in [3.63, 3.8) is 0 Å². The van der Waals surface area contributed by atoms with Crippen molar-refractivity contribution in [1.29, 1.82) is 0 Å². The summed E-state index contributed by atoms with van der Waals surface area (Å²) in [5.74, 6) is -0.242. The van der Waals surface area contributed by atoms with Crippen LogP contribution in [0.5, 0.6) is 0 Å². The Bertz CT molecular complexity index is 1170. The normalized spacial score (nSPS) is 14.4. The molecular formula is C27H32N6O. The van der Waals surface area contributed by atoms with E-state index in [0.29, 0.717) is 23.6 Å². The number of carbonyl (C=O) groups is 1. The molecule has 0 saturated carbocycles. The standard InChI is InChI=1S/C27H32N6O/c1-3-10-30-26(25-14-20(7-6-19(25)2)21-13-22(28)16-29-15-21)27(34)32-23-8-9-24(31-17-23)18-33-11-4-5-12-33/h6-9,13-17H,3-5,10-12,18,28H2,1-2H3,(H,32,34). The molecule has 1 aliphatic heterocycles. The van der Waals surface area contributed by atoms with Gasteiger partial charge in [0.05, 0.1) is 23.3 Å². The summed E-state index contributed by atoms with van der Waals surface area (Å²) in [5, 5.41) is 2.99. The Kier molecular flexibility index (Phi) is 7.65. The molecule has 1 fully saturated rings. The maximum atomic E-state index is 13.3. The van der Waals surface area contributed by atoms with Crippen LogP contribution >= 0.6 is 0 Å². The number of nitrogen functional groups attached to an aromatic ring is 1. The average molecular weight is 457 g/mol. The fraction of sp³-hybridized carbons (Fsp3) is 0.333. The van der Waals surface area contributed by atoms with Crippen molar-refractivity contribution in [2.24, 2.45) is 4.99 Å². The number of pyridine rings is 2. The monoisotopic (exact) mass is 456 g/mol. The van der Waals surface area contributed by atoms with Crippen molar-refractivity contribution in [2.45, 2.75) is 39.7 Å². The summed E-state index contributed by atoms with van der Waals surface area (Å²) < 4.78 is 0. The molecule has 1 aliphatic rings. The predicted octanol–water partition coefficient (Wildman–Crippen LogP) is 4.47. The van der Waals surface area contributed by atoms with Gasteiger partial charge in [0, 0.05) is 36.6 Å². The highest BCUT2D eigenvalue weighted by Gasteiger charge is 2.18. The zero-order chi connectivity index (χ0) is 23.9. The summed E-state index contributed by atoms with van der Waals surface area (Å²) in [6.45, 7) is 7.70. The number of aromatic nitrogens is 2. The van der Waals surface area contributed by atoms with Crippen LogP contribution in [0.4, 0.5) is 11.4 Å². The summed E-state index contributed by atoms with van der Waals surface area (Å²) in [7, 11) is 0. The molecule has 0 unspecified atom stereocenters. The highest BCUT2D eigenvalue weighted by Crippen LogP contribution is 2.24. The van der Waals surface area contributed by atoms with Crippen LogP contribution < -0.4 is 11.1 Å². The number of nitrogens with zero attached hydrogens (tertiary/aromatic N) is 4. The van der Waals surface area contributed by atoms with E-state index in [-0.39, 0.29) is 5.91 Å². The highest BCUT2D eigenvalue weighted by atomic mass is 16.1. The lowest BCUT2D eigenvalue weighted by molar-refractivity contribution is -0.110. The number of hydrogen-bond acceptors (Lipinski definition) is 6. The first kappa shape index (κ1) is 23.6. The molecule has 3 aromatic rings. The van der Waals surface area contributed by atoms with Gasteiger partial charge in [-0.3, -0.25) is 24.7 Å². The predicted molar refractivity (Wildman–Crippen MR) is 138 cm³/mol. The van der Waals surface area contributed by atoms with Crippen LogP contribution in [0.2, 0.25) is 0 Å². The van der Waals surface area contributed by atoms with E-state index in [4.69, 9.17) is 5.73 Å². The van der Waals surface area contributed by atoms with Gasteiger partial charge in [-0.05, 0) is 74.7 Å². The van der Waals surface area contributed by atoms with E-state index >= 15 is 0 Å². The van der Waals surface area contributed by atoms with Crippen molar-refractivity contribution >= 4 is 23.0 Å². The van der Waals surface area contributed by atoms with Crippen LogP contribution in [0.15, 0.2) is 60.0 Å². The molecule has 0 bridgehead atoms. The van der Waals surface area contributed by atoms with E-state index in [2.05, 4.69) is 25.2 Å². The van der Waals surface area contributed by atoms with Gasteiger partial charge in [0.1, 0.15) is 5.71 Å². The topological polar surface area (TPSA) is 96.5 Å². The van der Waals surface area contributed by atoms with E-state index < -0.39 is 0 Å². The SMILES string of the molecule is CCCN=C(C(=O)Nc1ccc(CN2CCCC2)nc1)c1cc(-c2cncc(N)c2)ccc1C. The third-order valence-corrected chi connectivity index (χ3v) is 5.96. The number of nitrogens with two attached hydrogens (primary N) is 1. The fourth-order valence-electron chi connectivity index (χ4n) is 4.13. The molecule has 7 nitrogen and oxygen atoms in total. The number of amides is 1. The number of benzene rings is 1. The van der Waals surface area contributed by atoms with Gasteiger partial charge in [-0.1, -0.05) is 19.1 Å². The number of carbonyl (C=O) groups excluding carboxylic acids is 1. The molecule has 1 saturated heterocycles. The number of anilines is 2. The van der Waals surface area contributed by atoms with Crippen LogP contribution in [0.1, 0.15) is 43.0 Å². The first-order valence-corrected chi connectivity index (χ1v) is 11.9. The van der Waals surface area contributed by atoms with E-state index in [0.717, 1.165) is 54.0 Å². The van der Waals surface area contributed by atoms with E-state index in [1.54, 1.807) is 18.6 Å². The molecule has 0 aliphatic carbocycles. The zero-order valence-corrected chi connectivity index (χ0v) is 19.9. The van der Waals surface area contributed by atoms with E-state index in [1.807, 2.05) is 50.2 Å². The number of nitrogens with one attached hydrogen (secondary N) is 1. The minimum Gasteiger partial charge on any atom is -0.397 e. The lowest BCUT2D eigenvalue weighted by atomic mass is 9.97. The number of rotatable bonds is 8. The molecule has 1 aromatic carbocycles. The quantitative estimate of drug-likeness (QED) is 0.488. The molecule has 34 heavy (non-hydrogen) atoms. The third-order valence-electron chi connectivity index (χ3n) is 5.96. The second-order valence-electron chi connectivity index (χ2n) is 8.74. The first-order valence-electron chi connectivity index (χ1n) is 11.9. The largest absolute Gasteiger partial charge is 0.397 e. The Labute approximate surface area is 201 Å². The number of aliphatic imine (C=N–C) groups is 1. The average Bonchev–Trinajstić information content (AvgIpc) is 3.35. The number of likely N-dealkylation sites (tertiary alicyclic amines) is 1. The number of hydrogen-bond donors (Lipinski definition) is 2. The van der Waals surface area contributed by atoms with Crippen molar-refractivity contribution in [3.8, 4) is 11.1 Å². The summed E-state index contributed by atoms with van der Waals surface area (Å²) in [6, 6.07) is 11.8. The molecule has 0 radical (unpaired) electrons.